The monoisotopic (exact) mass is 301 g/mol. The maximum absolute atomic E-state index is 12.2. The fourth-order valence-electron chi connectivity index (χ4n) is 3.27. The van der Waals surface area contributed by atoms with Gasteiger partial charge in [-0.25, -0.2) is 0 Å². The van der Waals surface area contributed by atoms with Gasteiger partial charge in [-0.1, -0.05) is 64.0 Å². The second-order valence-corrected chi connectivity index (χ2v) is 6.67. The van der Waals surface area contributed by atoms with Crippen LogP contribution in [0.2, 0.25) is 0 Å². The van der Waals surface area contributed by atoms with Gasteiger partial charge in [0, 0.05) is 11.6 Å². The summed E-state index contributed by atoms with van der Waals surface area (Å²) in [4.78, 5) is 12.2. The Morgan fingerprint density at radius 1 is 1.00 bits per heavy atom. The lowest BCUT2D eigenvalue weighted by Crippen LogP contribution is -2.36. The molecule has 1 saturated carbocycles. The zero-order chi connectivity index (χ0) is 15.6. The Hall–Kier alpha value is -1.31. The Labute approximate surface area is 135 Å². The number of carbonyl (C=O) groups is 1. The van der Waals surface area contributed by atoms with E-state index in [4.69, 9.17) is 0 Å². The molecule has 2 nitrogen and oxygen atoms in total. The summed E-state index contributed by atoms with van der Waals surface area (Å²) < 4.78 is 0. The highest BCUT2D eigenvalue weighted by Gasteiger charge is 2.16. The highest BCUT2D eigenvalue weighted by atomic mass is 16.1. The molecule has 1 amide bonds. The maximum Gasteiger partial charge on any atom is 0.251 e. The average molecular weight is 301 g/mol. The van der Waals surface area contributed by atoms with Crippen molar-refractivity contribution < 1.29 is 4.79 Å². The molecule has 122 valence electrons. The Bertz CT molecular complexity index is 432. The van der Waals surface area contributed by atoms with Gasteiger partial charge >= 0.3 is 0 Å². The van der Waals surface area contributed by atoms with Gasteiger partial charge in [0.2, 0.25) is 0 Å². The van der Waals surface area contributed by atoms with Crippen molar-refractivity contribution in [2.24, 2.45) is 0 Å². The van der Waals surface area contributed by atoms with Gasteiger partial charge in [0.25, 0.3) is 5.91 Å². The van der Waals surface area contributed by atoms with Crippen LogP contribution in [0.25, 0.3) is 0 Å². The molecule has 0 aromatic heterocycles. The summed E-state index contributed by atoms with van der Waals surface area (Å²) in [5, 5.41) is 3.18. The van der Waals surface area contributed by atoms with Crippen LogP contribution in [0.5, 0.6) is 0 Å². The summed E-state index contributed by atoms with van der Waals surface area (Å²) in [7, 11) is 0. The number of carbonyl (C=O) groups excluding carboxylic acids is 1. The molecule has 0 unspecified atom stereocenters. The van der Waals surface area contributed by atoms with Crippen molar-refractivity contribution in [1.82, 2.24) is 5.32 Å². The fraction of sp³-hybridized carbons (Fsp3) is 0.650. The van der Waals surface area contributed by atoms with Gasteiger partial charge in [-0.05, 0) is 43.4 Å². The lowest BCUT2D eigenvalue weighted by atomic mass is 9.95. The van der Waals surface area contributed by atoms with Crippen LogP contribution in [0.3, 0.4) is 0 Å². The van der Waals surface area contributed by atoms with E-state index >= 15 is 0 Å². The van der Waals surface area contributed by atoms with Gasteiger partial charge in [0.05, 0.1) is 0 Å². The van der Waals surface area contributed by atoms with Crippen molar-refractivity contribution in [2.45, 2.75) is 83.6 Å². The molecule has 2 heteroatoms. The fourth-order valence-corrected chi connectivity index (χ4v) is 3.27. The Morgan fingerprint density at radius 3 is 2.36 bits per heavy atom. The smallest absolute Gasteiger partial charge is 0.251 e. The molecule has 1 aliphatic carbocycles. The van der Waals surface area contributed by atoms with Crippen LogP contribution in [0.4, 0.5) is 0 Å². The van der Waals surface area contributed by atoms with Gasteiger partial charge in [0.1, 0.15) is 0 Å². The predicted molar refractivity (Wildman–Crippen MR) is 93.2 cm³/mol. The number of benzene rings is 1. The van der Waals surface area contributed by atoms with Crippen LogP contribution in [-0.2, 0) is 6.42 Å². The van der Waals surface area contributed by atoms with Crippen LogP contribution < -0.4 is 5.32 Å². The van der Waals surface area contributed by atoms with E-state index in [1.165, 1.54) is 56.9 Å². The van der Waals surface area contributed by atoms with E-state index < -0.39 is 0 Å². The summed E-state index contributed by atoms with van der Waals surface area (Å²) >= 11 is 0. The number of rotatable bonds is 8. The van der Waals surface area contributed by atoms with Crippen molar-refractivity contribution in [2.75, 3.05) is 0 Å². The minimum atomic E-state index is 0.0985. The summed E-state index contributed by atoms with van der Waals surface area (Å²) in [6.45, 7) is 2.25. The van der Waals surface area contributed by atoms with Crippen molar-refractivity contribution in [1.29, 1.82) is 0 Å². The van der Waals surface area contributed by atoms with Crippen molar-refractivity contribution in [3.05, 3.63) is 35.4 Å². The standard InChI is InChI=1S/C20H31NO/c1-2-3-4-5-7-10-17-13-15-18(16-14-17)20(22)21-19-11-8-6-9-12-19/h13-16,19H,2-12H2,1H3,(H,21,22). The zero-order valence-corrected chi connectivity index (χ0v) is 14.1. The number of aryl methyl sites for hydroxylation is 1. The average Bonchev–Trinajstić information content (AvgIpc) is 2.56. The first-order valence-corrected chi connectivity index (χ1v) is 9.19. The molecule has 0 atom stereocenters. The lowest BCUT2D eigenvalue weighted by Gasteiger charge is -2.22. The van der Waals surface area contributed by atoms with Crippen molar-refractivity contribution in [3.63, 3.8) is 0 Å². The van der Waals surface area contributed by atoms with Crippen molar-refractivity contribution >= 4 is 5.91 Å². The topological polar surface area (TPSA) is 29.1 Å². The highest BCUT2D eigenvalue weighted by Crippen LogP contribution is 2.18. The molecule has 0 spiro atoms. The van der Waals surface area contributed by atoms with E-state index in [1.807, 2.05) is 12.1 Å². The van der Waals surface area contributed by atoms with Crippen LogP contribution in [0, 0.1) is 0 Å². The van der Waals surface area contributed by atoms with Crippen LogP contribution >= 0.6 is 0 Å². The second-order valence-electron chi connectivity index (χ2n) is 6.67. The molecule has 0 saturated heterocycles. The Balaban J connectivity index is 1.74. The molecular formula is C20H31NO. The molecule has 1 aromatic carbocycles. The molecule has 2 rings (SSSR count). The molecule has 1 fully saturated rings. The highest BCUT2D eigenvalue weighted by molar-refractivity contribution is 5.94. The number of unbranched alkanes of at least 4 members (excludes halogenated alkanes) is 4. The van der Waals surface area contributed by atoms with Crippen LogP contribution in [-0.4, -0.2) is 11.9 Å². The first-order valence-electron chi connectivity index (χ1n) is 9.19. The molecule has 22 heavy (non-hydrogen) atoms. The van der Waals surface area contributed by atoms with Gasteiger partial charge < -0.3 is 5.32 Å². The van der Waals surface area contributed by atoms with E-state index in [1.54, 1.807) is 0 Å². The molecule has 1 aromatic rings. The Morgan fingerprint density at radius 2 is 1.68 bits per heavy atom. The minimum Gasteiger partial charge on any atom is -0.349 e. The molecule has 0 radical (unpaired) electrons. The van der Waals surface area contributed by atoms with E-state index in [-0.39, 0.29) is 5.91 Å². The SMILES string of the molecule is CCCCCCCc1ccc(C(=O)NC2CCCCC2)cc1. The number of hydrogen-bond donors (Lipinski definition) is 1. The first-order chi connectivity index (χ1) is 10.8. The maximum atomic E-state index is 12.2. The van der Waals surface area contributed by atoms with Crippen molar-refractivity contribution in [3.8, 4) is 0 Å². The second kappa shape index (κ2) is 9.66. The normalized spacial score (nSPS) is 15.7. The molecular weight excluding hydrogens is 270 g/mol. The molecule has 1 N–H and O–H groups in total. The summed E-state index contributed by atoms with van der Waals surface area (Å²) in [6.07, 6.45) is 13.8. The largest absolute Gasteiger partial charge is 0.349 e. The van der Waals surface area contributed by atoms with Gasteiger partial charge in [0.15, 0.2) is 0 Å². The zero-order valence-electron chi connectivity index (χ0n) is 14.1. The molecule has 0 bridgehead atoms. The molecule has 0 aliphatic heterocycles. The number of nitrogens with one attached hydrogen (secondary N) is 1. The van der Waals surface area contributed by atoms with E-state index in [0.29, 0.717) is 6.04 Å². The summed E-state index contributed by atoms with van der Waals surface area (Å²) in [6, 6.07) is 8.60. The quantitative estimate of drug-likeness (QED) is 0.652. The predicted octanol–water partition coefficient (Wildman–Crippen LogP) is 5.26. The minimum absolute atomic E-state index is 0.0985. The number of hydrogen-bond acceptors (Lipinski definition) is 1. The van der Waals surface area contributed by atoms with Gasteiger partial charge in [-0.2, -0.15) is 0 Å². The Kier molecular flexibility index (Phi) is 7.48. The summed E-state index contributed by atoms with van der Waals surface area (Å²) in [5.41, 5.74) is 2.16. The summed E-state index contributed by atoms with van der Waals surface area (Å²) in [5.74, 6) is 0.0985. The third-order valence-electron chi connectivity index (χ3n) is 4.73. The molecule has 0 heterocycles. The van der Waals surface area contributed by atoms with Gasteiger partial charge in [-0.3, -0.25) is 4.79 Å². The van der Waals surface area contributed by atoms with E-state index in [9.17, 15) is 4.79 Å². The van der Waals surface area contributed by atoms with E-state index in [2.05, 4.69) is 24.4 Å². The number of amides is 1. The first kappa shape index (κ1) is 17.1. The van der Waals surface area contributed by atoms with Gasteiger partial charge in [-0.15, -0.1) is 0 Å². The van der Waals surface area contributed by atoms with E-state index in [0.717, 1.165) is 24.8 Å². The lowest BCUT2D eigenvalue weighted by molar-refractivity contribution is 0.0927. The third kappa shape index (κ3) is 5.82. The third-order valence-corrected chi connectivity index (χ3v) is 4.73. The van der Waals surface area contributed by atoms with Crippen LogP contribution in [0.1, 0.15) is 87.1 Å². The molecule has 1 aliphatic rings. The van der Waals surface area contributed by atoms with Crippen LogP contribution in [0.15, 0.2) is 24.3 Å².